The molecule has 1 atom stereocenters. The molecule has 1 unspecified atom stereocenters. The molecule has 3 aromatic carbocycles. The molecule has 37 heavy (non-hydrogen) atoms. The normalized spacial score (nSPS) is 14.2. The van der Waals surface area contributed by atoms with Crippen molar-refractivity contribution < 1.29 is 50.5 Å². The average molecular weight is 520 g/mol. The zero-order chi connectivity index (χ0) is 26.9. The molecule has 192 valence electrons. The van der Waals surface area contributed by atoms with Gasteiger partial charge in [0.15, 0.2) is 17.6 Å². The maximum Gasteiger partial charge on any atom is 0.352 e. The second kappa shape index (κ2) is 10.3. The molecule has 3 aromatic rings. The first-order valence-electron chi connectivity index (χ1n) is 10.8. The third kappa shape index (κ3) is 5.11. The molecule has 0 N–H and O–H groups in total. The number of ketones is 1. The second-order valence-electron chi connectivity index (χ2n) is 7.68. The molecule has 0 saturated heterocycles. The van der Waals surface area contributed by atoms with E-state index in [-0.39, 0.29) is 22.8 Å². The zero-order valence-corrected chi connectivity index (χ0v) is 19.2. The highest BCUT2D eigenvalue weighted by Gasteiger charge is 2.31. The summed E-state index contributed by atoms with van der Waals surface area (Å²) in [7, 11) is 0. The molecule has 4 rings (SSSR count). The lowest BCUT2D eigenvalue weighted by Crippen LogP contribution is -2.29. The lowest BCUT2D eigenvalue weighted by Gasteiger charge is -2.15. The molecule has 0 bridgehead atoms. The van der Waals surface area contributed by atoms with Gasteiger partial charge >= 0.3 is 5.97 Å². The third-order valence-corrected chi connectivity index (χ3v) is 5.14. The van der Waals surface area contributed by atoms with Gasteiger partial charge < -0.3 is 18.9 Å². The van der Waals surface area contributed by atoms with Crippen LogP contribution in [-0.2, 0) is 4.79 Å². The van der Waals surface area contributed by atoms with Gasteiger partial charge in [0.05, 0.1) is 12.2 Å². The summed E-state index contributed by atoms with van der Waals surface area (Å²) in [6.07, 6.45) is -0.247. The van der Waals surface area contributed by atoms with Crippen LogP contribution in [0.25, 0.3) is 6.08 Å². The van der Waals surface area contributed by atoms with Gasteiger partial charge in [0.1, 0.15) is 17.2 Å². The number of carbonyl (C=O) groups is 2. The van der Waals surface area contributed by atoms with E-state index < -0.39 is 52.7 Å². The van der Waals surface area contributed by atoms with Crippen LogP contribution >= 0.6 is 0 Å². The fourth-order valence-corrected chi connectivity index (χ4v) is 3.32. The van der Waals surface area contributed by atoms with Crippen molar-refractivity contribution in [3.63, 3.8) is 0 Å². The second-order valence-corrected chi connectivity index (χ2v) is 7.68. The minimum absolute atomic E-state index is 0.0191. The molecule has 0 saturated carbocycles. The van der Waals surface area contributed by atoms with Crippen molar-refractivity contribution in [1.29, 1.82) is 0 Å². The topological polar surface area (TPSA) is 71.1 Å². The number of hydrogen-bond acceptors (Lipinski definition) is 6. The molecular weight excluding hydrogens is 503 g/mol. The van der Waals surface area contributed by atoms with Crippen LogP contribution in [0, 0.1) is 29.1 Å². The van der Waals surface area contributed by atoms with Gasteiger partial charge in [-0.2, -0.15) is 8.78 Å². The molecule has 0 aliphatic carbocycles. The summed E-state index contributed by atoms with van der Waals surface area (Å²) in [6, 6.07) is 10.8. The average Bonchev–Trinajstić information content (AvgIpc) is 3.19. The van der Waals surface area contributed by atoms with Gasteiger partial charge in [-0.3, -0.25) is 4.79 Å². The quantitative estimate of drug-likeness (QED) is 0.0984. The van der Waals surface area contributed by atoms with Crippen molar-refractivity contribution in [1.82, 2.24) is 0 Å². The first-order valence-corrected chi connectivity index (χ1v) is 10.8. The van der Waals surface area contributed by atoms with Crippen LogP contribution < -0.4 is 18.9 Å². The minimum Gasteiger partial charge on any atom is -0.494 e. The van der Waals surface area contributed by atoms with Gasteiger partial charge in [-0.05, 0) is 49.8 Å². The van der Waals surface area contributed by atoms with Gasteiger partial charge in [0.2, 0.25) is 34.9 Å². The Morgan fingerprint density at radius 3 is 2.14 bits per heavy atom. The Hall–Kier alpha value is -4.41. The Bertz CT molecular complexity index is 1390. The first kappa shape index (κ1) is 25.7. The van der Waals surface area contributed by atoms with E-state index in [0.29, 0.717) is 17.9 Å². The highest BCUT2D eigenvalue weighted by atomic mass is 19.2. The number of hydrogen-bond donors (Lipinski definition) is 0. The van der Waals surface area contributed by atoms with Crippen LogP contribution in [0.4, 0.5) is 22.0 Å². The summed E-state index contributed by atoms with van der Waals surface area (Å²) in [5.74, 6) is -13.8. The summed E-state index contributed by atoms with van der Waals surface area (Å²) in [4.78, 5) is 25.0. The predicted octanol–water partition coefficient (Wildman–Crippen LogP) is 5.77. The minimum atomic E-state index is -2.36. The largest absolute Gasteiger partial charge is 0.494 e. The van der Waals surface area contributed by atoms with E-state index in [0.717, 1.165) is 6.92 Å². The molecule has 11 heteroatoms. The Balaban J connectivity index is 1.47. The van der Waals surface area contributed by atoms with E-state index in [4.69, 9.17) is 14.2 Å². The molecule has 1 heterocycles. The number of rotatable bonds is 7. The van der Waals surface area contributed by atoms with Crippen molar-refractivity contribution in [2.45, 2.75) is 20.0 Å². The fourth-order valence-electron chi connectivity index (χ4n) is 3.32. The van der Waals surface area contributed by atoms with Crippen LogP contribution in [0.3, 0.4) is 0 Å². The van der Waals surface area contributed by atoms with E-state index >= 15 is 0 Å². The standard InChI is InChI=1S/C26H17F5O6/c1-3-34-14-6-4-13(5-7-14)10-18-24(32)16-9-8-15(11-17(16)37-18)36-26(33)12(2)35-25-22(30)20(28)19(27)21(29)23(25)31/h4-12H,3H2,1-2H3/b18-10-. The lowest BCUT2D eigenvalue weighted by molar-refractivity contribution is -0.141. The number of benzene rings is 3. The van der Waals surface area contributed by atoms with Gasteiger partial charge in [-0.1, -0.05) is 12.1 Å². The molecule has 0 spiro atoms. The summed E-state index contributed by atoms with van der Waals surface area (Å²) < 4.78 is 88.3. The van der Waals surface area contributed by atoms with Crippen LogP contribution in [0.15, 0.2) is 48.2 Å². The Kier molecular flexibility index (Phi) is 7.14. The van der Waals surface area contributed by atoms with E-state index in [2.05, 4.69) is 4.74 Å². The number of esters is 1. The lowest BCUT2D eigenvalue weighted by atomic mass is 10.1. The van der Waals surface area contributed by atoms with Gasteiger partial charge in [-0.25, -0.2) is 18.0 Å². The highest BCUT2D eigenvalue weighted by molar-refractivity contribution is 6.14. The molecule has 6 nitrogen and oxygen atoms in total. The number of fused-ring (bicyclic) bond motifs is 1. The van der Waals surface area contributed by atoms with Crippen LogP contribution in [0.1, 0.15) is 29.8 Å². The highest BCUT2D eigenvalue weighted by Crippen LogP contribution is 2.35. The summed E-state index contributed by atoms with van der Waals surface area (Å²) in [6.45, 7) is 3.35. The predicted molar refractivity (Wildman–Crippen MR) is 119 cm³/mol. The van der Waals surface area contributed by atoms with Crippen LogP contribution in [0.5, 0.6) is 23.0 Å². The van der Waals surface area contributed by atoms with Gasteiger partial charge in [-0.15, -0.1) is 0 Å². The van der Waals surface area contributed by atoms with Crippen molar-refractivity contribution in [2.24, 2.45) is 0 Å². The number of ether oxygens (including phenoxy) is 4. The Labute approximate surface area is 206 Å². The summed E-state index contributed by atoms with van der Waals surface area (Å²) >= 11 is 0. The zero-order valence-electron chi connectivity index (χ0n) is 19.2. The maximum atomic E-state index is 13.8. The fraction of sp³-hybridized carbons (Fsp3) is 0.154. The molecule has 0 aromatic heterocycles. The molecule has 1 aliphatic rings. The number of Topliss-reactive ketones (excluding diaryl/α,β-unsaturated/α-hetero) is 1. The molecule has 1 aliphatic heterocycles. The van der Waals surface area contributed by atoms with Gasteiger partial charge in [0.25, 0.3) is 0 Å². The Morgan fingerprint density at radius 2 is 1.51 bits per heavy atom. The van der Waals surface area contributed by atoms with E-state index in [1.807, 2.05) is 6.92 Å². The number of halogens is 5. The number of allylic oxidation sites excluding steroid dienone is 1. The smallest absolute Gasteiger partial charge is 0.352 e. The van der Waals surface area contributed by atoms with Crippen LogP contribution in [0.2, 0.25) is 0 Å². The summed E-state index contributed by atoms with van der Waals surface area (Å²) in [5.41, 5.74) is 0.869. The molecule has 0 radical (unpaired) electrons. The molecular formula is C26H17F5O6. The van der Waals surface area contributed by atoms with Crippen molar-refractivity contribution in [3.8, 4) is 23.0 Å². The van der Waals surface area contributed by atoms with Crippen molar-refractivity contribution in [2.75, 3.05) is 6.61 Å². The van der Waals surface area contributed by atoms with Crippen molar-refractivity contribution in [3.05, 3.63) is 88.4 Å². The third-order valence-electron chi connectivity index (χ3n) is 5.14. The van der Waals surface area contributed by atoms with E-state index in [1.165, 1.54) is 24.3 Å². The monoisotopic (exact) mass is 520 g/mol. The van der Waals surface area contributed by atoms with E-state index in [9.17, 15) is 31.5 Å². The molecule has 0 fully saturated rings. The number of carbonyl (C=O) groups excluding carboxylic acids is 2. The Morgan fingerprint density at radius 1 is 0.919 bits per heavy atom. The van der Waals surface area contributed by atoms with Crippen molar-refractivity contribution >= 4 is 17.8 Å². The summed E-state index contributed by atoms with van der Waals surface area (Å²) in [5, 5.41) is 0. The molecule has 0 amide bonds. The van der Waals surface area contributed by atoms with Crippen LogP contribution in [-0.4, -0.2) is 24.5 Å². The maximum absolute atomic E-state index is 13.8. The first-order chi connectivity index (χ1) is 17.6. The van der Waals surface area contributed by atoms with E-state index in [1.54, 1.807) is 24.3 Å². The SMILES string of the molecule is CCOc1ccc(/C=C2\Oc3cc(OC(=O)C(C)Oc4c(F)c(F)c(F)c(F)c4F)ccc3C2=O)cc1. The van der Waals surface area contributed by atoms with Gasteiger partial charge in [0, 0.05) is 6.07 Å².